The van der Waals surface area contributed by atoms with Crippen LogP contribution < -0.4 is 10.6 Å². The van der Waals surface area contributed by atoms with Crippen molar-refractivity contribution in [3.63, 3.8) is 0 Å². The largest absolute Gasteiger partial charge is 0.419 e. The molecular formula is C13H14F4N2O. The van der Waals surface area contributed by atoms with Gasteiger partial charge in [0.15, 0.2) is 0 Å². The first-order valence-corrected chi connectivity index (χ1v) is 6.29. The number of rotatable bonds is 2. The number of hydrogen-bond donors (Lipinski definition) is 2. The molecule has 110 valence electrons. The molecule has 1 aliphatic rings. The molecule has 1 aliphatic heterocycles. The van der Waals surface area contributed by atoms with Crippen LogP contribution in [-0.4, -0.2) is 18.5 Å². The quantitative estimate of drug-likeness (QED) is 0.822. The van der Waals surface area contributed by atoms with Crippen molar-refractivity contribution in [2.45, 2.75) is 31.5 Å². The van der Waals surface area contributed by atoms with Crippen LogP contribution in [0, 0.1) is 5.82 Å². The molecule has 0 aromatic heterocycles. The first-order chi connectivity index (χ1) is 9.38. The Morgan fingerprint density at radius 2 is 2.05 bits per heavy atom. The molecule has 1 saturated heterocycles. The highest BCUT2D eigenvalue weighted by atomic mass is 19.4. The smallest absolute Gasteiger partial charge is 0.325 e. The zero-order chi connectivity index (χ0) is 14.8. The van der Waals surface area contributed by atoms with Gasteiger partial charge >= 0.3 is 6.18 Å². The standard InChI is InChI=1S/C13H14F4N2O/c14-10-7-8(4-5-9(10)13(15,16)17)19-12(20)11-3-1-2-6-18-11/h4-5,7,11,18H,1-3,6H2,(H,19,20). The molecule has 0 saturated carbocycles. The fourth-order valence-electron chi connectivity index (χ4n) is 2.13. The van der Waals surface area contributed by atoms with Crippen LogP contribution in [-0.2, 0) is 11.0 Å². The molecule has 0 bridgehead atoms. The minimum absolute atomic E-state index is 0.0212. The van der Waals surface area contributed by atoms with E-state index in [2.05, 4.69) is 10.6 Å². The maximum absolute atomic E-state index is 13.4. The molecule has 0 spiro atoms. The van der Waals surface area contributed by atoms with Gasteiger partial charge in [-0.1, -0.05) is 6.42 Å². The third-order valence-electron chi connectivity index (χ3n) is 3.17. The monoisotopic (exact) mass is 290 g/mol. The first-order valence-electron chi connectivity index (χ1n) is 6.29. The second-order valence-corrected chi connectivity index (χ2v) is 4.68. The van der Waals surface area contributed by atoms with Crippen molar-refractivity contribution in [3.05, 3.63) is 29.6 Å². The van der Waals surface area contributed by atoms with Crippen molar-refractivity contribution in [3.8, 4) is 0 Å². The molecule has 1 amide bonds. The lowest BCUT2D eigenvalue weighted by Crippen LogP contribution is -2.43. The number of carbonyl (C=O) groups excluding carboxylic acids is 1. The highest BCUT2D eigenvalue weighted by molar-refractivity contribution is 5.94. The maximum atomic E-state index is 13.4. The third kappa shape index (κ3) is 3.47. The molecular weight excluding hydrogens is 276 g/mol. The van der Waals surface area contributed by atoms with E-state index in [4.69, 9.17) is 0 Å². The Kier molecular flexibility index (Phi) is 4.27. The molecule has 1 atom stereocenters. The van der Waals surface area contributed by atoms with E-state index in [9.17, 15) is 22.4 Å². The van der Waals surface area contributed by atoms with Crippen LogP contribution in [0.15, 0.2) is 18.2 Å². The van der Waals surface area contributed by atoms with Crippen molar-refractivity contribution < 1.29 is 22.4 Å². The van der Waals surface area contributed by atoms with Crippen molar-refractivity contribution in [2.24, 2.45) is 0 Å². The lowest BCUT2D eigenvalue weighted by atomic mass is 10.0. The van der Waals surface area contributed by atoms with Gasteiger partial charge in [0.05, 0.1) is 11.6 Å². The zero-order valence-electron chi connectivity index (χ0n) is 10.6. The van der Waals surface area contributed by atoms with Crippen molar-refractivity contribution in [1.29, 1.82) is 0 Å². The predicted molar refractivity (Wildman–Crippen MR) is 65.7 cm³/mol. The molecule has 3 nitrogen and oxygen atoms in total. The summed E-state index contributed by atoms with van der Waals surface area (Å²) in [5.41, 5.74) is -1.32. The van der Waals surface area contributed by atoms with Crippen LogP contribution in [0.3, 0.4) is 0 Å². The number of amides is 1. The molecule has 2 N–H and O–H groups in total. The van der Waals surface area contributed by atoms with E-state index < -0.39 is 17.6 Å². The molecule has 0 radical (unpaired) electrons. The second kappa shape index (κ2) is 5.78. The van der Waals surface area contributed by atoms with Crippen molar-refractivity contribution in [2.75, 3.05) is 11.9 Å². The van der Waals surface area contributed by atoms with Gasteiger partial charge in [-0.2, -0.15) is 13.2 Å². The van der Waals surface area contributed by atoms with Gasteiger partial charge in [0, 0.05) is 5.69 Å². The number of hydrogen-bond acceptors (Lipinski definition) is 2. The topological polar surface area (TPSA) is 41.1 Å². The molecule has 2 rings (SSSR count). The summed E-state index contributed by atoms with van der Waals surface area (Å²) in [5.74, 6) is -1.75. The van der Waals surface area contributed by atoms with Gasteiger partial charge in [0.2, 0.25) is 5.91 Å². The van der Waals surface area contributed by atoms with Crippen LogP contribution in [0.5, 0.6) is 0 Å². The van der Waals surface area contributed by atoms with E-state index in [1.54, 1.807) is 0 Å². The number of anilines is 1. The van der Waals surface area contributed by atoms with E-state index in [1.807, 2.05) is 0 Å². The fourth-order valence-corrected chi connectivity index (χ4v) is 2.13. The minimum atomic E-state index is -4.74. The van der Waals surface area contributed by atoms with E-state index >= 15 is 0 Å². The minimum Gasteiger partial charge on any atom is -0.325 e. The summed E-state index contributed by atoms with van der Waals surface area (Å²) in [6.07, 6.45) is -2.18. The molecule has 20 heavy (non-hydrogen) atoms. The van der Waals surface area contributed by atoms with E-state index in [1.165, 1.54) is 0 Å². The summed E-state index contributed by atoms with van der Waals surface area (Å²) >= 11 is 0. The Labute approximate surface area is 113 Å². The lowest BCUT2D eigenvalue weighted by Gasteiger charge is -2.22. The maximum Gasteiger partial charge on any atom is 0.419 e. The Balaban J connectivity index is 2.06. The van der Waals surface area contributed by atoms with Gasteiger partial charge in [0.25, 0.3) is 0 Å². The number of carbonyl (C=O) groups is 1. The summed E-state index contributed by atoms with van der Waals surface area (Å²) < 4.78 is 50.5. The van der Waals surface area contributed by atoms with Crippen molar-refractivity contribution in [1.82, 2.24) is 5.32 Å². The van der Waals surface area contributed by atoms with Crippen LogP contribution in [0.2, 0.25) is 0 Å². The average Bonchev–Trinajstić information content (AvgIpc) is 2.38. The van der Waals surface area contributed by atoms with Gasteiger partial charge in [-0.05, 0) is 37.6 Å². The van der Waals surface area contributed by atoms with Crippen LogP contribution in [0.25, 0.3) is 0 Å². The van der Waals surface area contributed by atoms with Gasteiger partial charge in [-0.3, -0.25) is 4.79 Å². The number of nitrogens with one attached hydrogen (secondary N) is 2. The second-order valence-electron chi connectivity index (χ2n) is 4.68. The van der Waals surface area contributed by atoms with Gasteiger partial charge in [0.1, 0.15) is 5.82 Å². The van der Waals surface area contributed by atoms with E-state index in [0.29, 0.717) is 18.6 Å². The fraction of sp³-hybridized carbons (Fsp3) is 0.462. The highest BCUT2D eigenvalue weighted by Crippen LogP contribution is 2.32. The zero-order valence-corrected chi connectivity index (χ0v) is 10.6. The van der Waals surface area contributed by atoms with Crippen LogP contribution >= 0.6 is 0 Å². The third-order valence-corrected chi connectivity index (χ3v) is 3.17. The Hall–Kier alpha value is -1.63. The number of piperidine rings is 1. The predicted octanol–water partition coefficient (Wildman–Crippen LogP) is 2.93. The lowest BCUT2D eigenvalue weighted by molar-refractivity contribution is -0.139. The summed E-state index contributed by atoms with van der Waals surface area (Å²) in [6.45, 7) is 0.722. The molecule has 1 unspecified atom stereocenters. The summed E-state index contributed by atoms with van der Waals surface area (Å²) in [5, 5.41) is 5.43. The number of alkyl halides is 3. The van der Waals surface area contributed by atoms with Gasteiger partial charge < -0.3 is 10.6 Å². The van der Waals surface area contributed by atoms with Gasteiger partial charge in [-0.25, -0.2) is 4.39 Å². The summed E-state index contributed by atoms with van der Waals surface area (Å²) in [4.78, 5) is 11.8. The molecule has 1 aromatic rings. The molecule has 7 heteroatoms. The Bertz CT molecular complexity index is 496. The summed E-state index contributed by atoms with van der Waals surface area (Å²) in [6, 6.07) is 1.98. The SMILES string of the molecule is O=C(Nc1ccc(C(F)(F)F)c(F)c1)C1CCCCN1. The molecule has 1 aromatic carbocycles. The average molecular weight is 290 g/mol. The normalized spacial score (nSPS) is 19.7. The Morgan fingerprint density at radius 3 is 2.60 bits per heavy atom. The number of benzene rings is 1. The highest BCUT2D eigenvalue weighted by Gasteiger charge is 2.34. The summed E-state index contributed by atoms with van der Waals surface area (Å²) in [7, 11) is 0. The molecule has 1 fully saturated rings. The van der Waals surface area contributed by atoms with Gasteiger partial charge in [-0.15, -0.1) is 0 Å². The number of halogens is 4. The molecule has 0 aliphatic carbocycles. The van der Waals surface area contributed by atoms with E-state index in [-0.39, 0.29) is 17.6 Å². The molecule has 1 heterocycles. The van der Waals surface area contributed by atoms with Crippen LogP contribution in [0.4, 0.5) is 23.2 Å². The Morgan fingerprint density at radius 1 is 1.30 bits per heavy atom. The van der Waals surface area contributed by atoms with E-state index in [0.717, 1.165) is 25.5 Å². The van der Waals surface area contributed by atoms with Crippen molar-refractivity contribution >= 4 is 11.6 Å². The first kappa shape index (κ1) is 14.8. The van der Waals surface area contributed by atoms with Crippen LogP contribution in [0.1, 0.15) is 24.8 Å².